The van der Waals surface area contributed by atoms with E-state index in [1.807, 2.05) is 0 Å². The molecule has 0 radical (unpaired) electrons. The van der Waals surface area contributed by atoms with Gasteiger partial charge in [-0.25, -0.2) is 0 Å². The largest absolute Gasteiger partial charge is 0.402 e. The molecule has 2 aromatic rings. The number of alkyl halides is 3. The maximum absolute atomic E-state index is 13.8. The van der Waals surface area contributed by atoms with Crippen LogP contribution < -0.4 is 0 Å². The van der Waals surface area contributed by atoms with Crippen LogP contribution in [0.15, 0.2) is 48.5 Å². The molecular weight excluding hydrogens is 301 g/mol. The fourth-order valence-corrected chi connectivity index (χ4v) is 2.43. The molecule has 23 heavy (non-hydrogen) atoms. The highest BCUT2D eigenvalue weighted by molar-refractivity contribution is 5.96. The van der Waals surface area contributed by atoms with Gasteiger partial charge >= 0.3 is 6.18 Å². The molecule has 0 bridgehead atoms. The fourth-order valence-electron chi connectivity index (χ4n) is 2.43. The van der Waals surface area contributed by atoms with Crippen molar-refractivity contribution in [2.24, 2.45) is 0 Å². The monoisotopic (exact) mass is 317 g/mol. The van der Waals surface area contributed by atoms with E-state index >= 15 is 0 Å². The Hall–Kier alpha value is -2.43. The van der Waals surface area contributed by atoms with Crippen LogP contribution in [0.4, 0.5) is 13.2 Å². The molecule has 5 heteroatoms. The predicted molar refractivity (Wildman–Crippen MR) is 84.7 cm³/mol. The van der Waals surface area contributed by atoms with Gasteiger partial charge in [0.25, 0.3) is 0 Å². The molecule has 0 aliphatic carbocycles. The Morgan fingerprint density at radius 3 is 1.70 bits per heavy atom. The first-order valence-corrected chi connectivity index (χ1v) is 6.96. The van der Waals surface area contributed by atoms with Gasteiger partial charge in [-0.2, -0.15) is 30.9 Å². The van der Waals surface area contributed by atoms with Gasteiger partial charge in [0, 0.05) is 5.71 Å². The number of rotatable bonds is 4. The van der Waals surface area contributed by atoms with E-state index in [9.17, 15) is 13.2 Å². The molecule has 2 N–H and O–H groups in total. The highest BCUT2D eigenvalue weighted by Gasteiger charge is 2.52. The summed E-state index contributed by atoms with van der Waals surface area (Å²) in [5.74, 6) is 0. The lowest BCUT2D eigenvalue weighted by Crippen LogP contribution is -2.40. The molecule has 0 amide bonds. The van der Waals surface area contributed by atoms with E-state index in [0.717, 1.165) is 6.92 Å². The van der Waals surface area contributed by atoms with E-state index in [1.165, 1.54) is 48.5 Å². The predicted octanol–water partition coefficient (Wildman–Crippen LogP) is 4.82. The summed E-state index contributed by atoms with van der Waals surface area (Å²) in [6, 6.07) is 11.5. The Kier molecular flexibility index (Phi) is 4.41. The molecule has 0 spiro atoms. The van der Waals surface area contributed by atoms with Gasteiger partial charge in [-0.1, -0.05) is 36.0 Å². The van der Waals surface area contributed by atoms with E-state index < -0.39 is 11.6 Å². The van der Waals surface area contributed by atoms with Crippen LogP contribution in [0.2, 0.25) is 0 Å². The lowest BCUT2D eigenvalue weighted by Gasteiger charge is -2.34. The number of nitrogens with one attached hydrogen (secondary N) is 2. The molecule has 0 fully saturated rings. The summed E-state index contributed by atoms with van der Waals surface area (Å²) in [5.41, 5.74) is -0.636. The van der Waals surface area contributed by atoms with Crippen LogP contribution in [0.3, 0.4) is 0 Å². The molecule has 2 aromatic carbocycles. The maximum atomic E-state index is 13.8. The summed E-state index contributed by atoms with van der Waals surface area (Å²) in [5, 5.41) is 14.6. The topological polar surface area (TPSA) is 47.7 Å². The Morgan fingerprint density at radius 1 is 0.913 bits per heavy atom. The van der Waals surface area contributed by atoms with Gasteiger partial charge in [0.05, 0.1) is 0 Å². The van der Waals surface area contributed by atoms with E-state index in [2.05, 4.69) is 6.21 Å². The summed E-state index contributed by atoms with van der Waals surface area (Å²) >= 11 is 0. The van der Waals surface area contributed by atoms with Gasteiger partial charge < -0.3 is 10.8 Å². The van der Waals surface area contributed by atoms with Gasteiger partial charge in [0.15, 0.2) is 0 Å². The zero-order chi connectivity index (χ0) is 17.3. The SMILES string of the molecule is CC(=N)c1ccc(C(C)(c2ccc([C-]=N)cc2)C(F)(F)F)cc1. The van der Waals surface area contributed by atoms with Crippen LogP contribution in [0.25, 0.3) is 0 Å². The van der Waals surface area contributed by atoms with Crippen LogP contribution in [0.5, 0.6) is 0 Å². The quantitative estimate of drug-likeness (QED) is 0.600. The Balaban J connectivity index is 2.59. The first-order chi connectivity index (χ1) is 10.7. The molecule has 0 heterocycles. The van der Waals surface area contributed by atoms with Crippen LogP contribution in [0.1, 0.15) is 36.1 Å². The Labute approximate surface area is 133 Å². The van der Waals surface area contributed by atoms with E-state index in [0.29, 0.717) is 16.8 Å². The van der Waals surface area contributed by atoms with Crippen LogP contribution in [-0.4, -0.2) is 18.1 Å². The zero-order valence-electron chi connectivity index (χ0n) is 12.8. The molecule has 120 valence electrons. The van der Waals surface area contributed by atoms with Gasteiger partial charge in [0.1, 0.15) is 5.41 Å². The van der Waals surface area contributed by atoms with Crippen LogP contribution in [-0.2, 0) is 5.41 Å². The highest BCUT2D eigenvalue weighted by atomic mass is 19.4. The minimum Gasteiger partial charge on any atom is -0.376 e. The summed E-state index contributed by atoms with van der Waals surface area (Å²) in [6.45, 7) is 2.73. The first kappa shape index (κ1) is 16.9. The molecule has 0 aliphatic heterocycles. The van der Waals surface area contributed by atoms with E-state index in [1.54, 1.807) is 6.92 Å². The van der Waals surface area contributed by atoms with Gasteiger partial charge in [-0.05, 0) is 25.0 Å². The van der Waals surface area contributed by atoms with Gasteiger partial charge in [0.2, 0.25) is 0 Å². The second-order valence-electron chi connectivity index (χ2n) is 5.53. The lowest BCUT2D eigenvalue weighted by molar-refractivity contribution is -0.173. The second-order valence-corrected chi connectivity index (χ2v) is 5.53. The van der Waals surface area contributed by atoms with Gasteiger partial charge in [-0.3, -0.25) is 0 Å². The summed E-state index contributed by atoms with van der Waals surface area (Å²) < 4.78 is 41.5. The van der Waals surface area contributed by atoms with E-state index in [4.69, 9.17) is 10.8 Å². The van der Waals surface area contributed by atoms with Crippen molar-refractivity contribution in [1.29, 1.82) is 10.8 Å². The van der Waals surface area contributed by atoms with Gasteiger partial charge in [-0.15, -0.1) is 12.1 Å². The second kappa shape index (κ2) is 5.99. The van der Waals surface area contributed by atoms with Crippen molar-refractivity contribution in [3.05, 3.63) is 70.8 Å². The third-order valence-electron chi connectivity index (χ3n) is 4.07. The summed E-state index contributed by atoms with van der Waals surface area (Å²) in [7, 11) is 0. The summed E-state index contributed by atoms with van der Waals surface area (Å²) in [6.07, 6.45) is -2.33. The molecule has 2 rings (SSSR count). The fraction of sp³-hybridized carbons (Fsp3) is 0.222. The van der Waals surface area contributed by atoms with Crippen molar-refractivity contribution in [1.82, 2.24) is 0 Å². The van der Waals surface area contributed by atoms with Crippen molar-refractivity contribution < 1.29 is 13.2 Å². The molecule has 1 atom stereocenters. The average Bonchev–Trinajstić information content (AvgIpc) is 2.53. The molecule has 0 saturated heterocycles. The standard InChI is InChI=1S/C18H16F3N2/c1-12(23)14-5-9-16(10-6-14)17(2,18(19,20)21)15-7-3-13(11-22)4-8-15/h3-10,22-23H,1-2H3/q-1. The summed E-state index contributed by atoms with van der Waals surface area (Å²) in [4.78, 5) is 0. The highest BCUT2D eigenvalue weighted by Crippen LogP contribution is 2.46. The molecule has 0 aliphatic rings. The third-order valence-corrected chi connectivity index (χ3v) is 4.07. The molecule has 2 nitrogen and oxygen atoms in total. The van der Waals surface area contributed by atoms with Crippen molar-refractivity contribution >= 4 is 11.9 Å². The van der Waals surface area contributed by atoms with Crippen LogP contribution in [0, 0.1) is 10.8 Å². The van der Waals surface area contributed by atoms with Crippen molar-refractivity contribution in [2.45, 2.75) is 25.4 Å². The van der Waals surface area contributed by atoms with Crippen molar-refractivity contribution in [3.8, 4) is 0 Å². The normalized spacial score (nSPS) is 14.1. The Bertz CT molecular complexity index is 715. The minimum absolute atomic E-state index is 0.100. The number of hydrogen-bond donors (Lipinski definition) is 2. The third kappa shape index (κ3) is 3.04. The molecule has 0 aromatic heterocycles. The number of hydrogen-bond acceptors (Lipinski definition) is 2. The average molecular weight is 317 g/mol. The van der Waals surface area contributed by atoms with Crippen molar-refractivity contribution in [2.75, 3.05) is 0 Å². The maximum Gasteiger partial charge on any atom is 0.402 e. The Morgan fingerprint density at radius 2 is 1.35 bits per heavy atom. The number of benzene rings is 2. The first-order valence-electron chi connectivity index (χ1n) is 6.96. The zero-order valence-corrected chi connectivity index (χ0v) is 12.8. The lowest BCUT2D eigenvalue weighted by atomic mass is 9.75. The molecular formula is C18H16F3N2-. The van der Waals surface area contributed by atoms with Crippen molar-refractivity contribution in [3.63, 3.8) is 0 Å². The molecule has 1 unspecified atom stereocenters. The molecule has 0 saturated carbocycles. The van der Waals surface area contributed by atoms with Crippen LogP contribution >= 0.6 is 0 Å². The minimum atomic E-state index is -4.48. The number of halogens is 3. The smallest absolute Gasteiger partial charge is 0.376 e. The van der Waals surface area contributed by atoms with E-state index in [-0.39, 0.29) is 11.1 Å².